The van der Waals surface area contributed by atoms with Crippen LogP contribution in [0, 0.1) is 6.92 Å². The van der Waals surface area contributed by atoms with Gasteiger partial charge in [0.1, 0.15) is 10.8 Å². The molecule has 0 aliphatic rings. The molecule has 4 rings (SSSR count). The number of amides is 2. The van der Waals surface area contributed by atoms with E-state index >= 15 is 0 Å². The number of hydrogen-bond acceptors (Lipinski definition) is 6. The first kappa shape index (κ1) is 22.2. The predicted molar refractivity (Wildman–Crippen MR) is 129 cm³/mol. The number of anilines is 2. The second-order valence-electron chi connectivity index (χ2n) is 7.29. The SMILES string of the molecule is COc1ccccc1Cc1nnc(NC(=O)c2ccc(C)c(NC(=O)c3ccccc3)c2)s1. The van der Waals surface area contributed by atoms with E-state index in [0.717, 1.165) is 21.9 Å². The van der Waals surface area contributed by atoms with Crippen LogP contribution in [0.25, 0.3) is 0 Å². The normalized spacial score (nSPS) is 10.5. The maximum Gasteiger partial charge on any atom is 0.257 e. The van der Waals surface area contributed by atoms with Crippen molar-refractivity contribution in [3.05, 3.63) is 100 Å². The predicted octanol–water partition coefficient (Wildman–Crippen LogP) is 4.95. The zero-order valence-corrected chi connectivity index (χ0v) is 19.0. The molecular formula is C25H22N4O3S. The first-order chi connectivity index (χ1) is 16.0. The summed E-state index contributed by atoms with van der Waals surface area (Å²) in [4.78, 5) is 25.3. The van der Waals surface area contributed by atoms with Gasteiger partial charge in [-0.3, -0.25) is 14.9 Å². The molecule has 7 nitrogen and oxygen atoms in total. The van der Waals surface area contributed by atoms with Crippen LogP contribution < -0.4 is 15.4 Å². The summed E-state index contributed by atoms with van der Waals surface area (Å²) in [6.07, 6.45) is 0.553. The van der Waals surface area contributed by atoms with Gasteiger partial charge < -0.3 is 10.1 Å². The zero-order chi connectivity index (χ0) is 23.2. The number of methoxy groups -OCH3 is 1. The van der Waals surface area contributed by atoms with Gasteiger partial charge in [0, 0.05) is 28.8 Å². The number of nitrogens with zero attached hydrogens (tertiary/aromatic N) is 2. The molecule has 0 radical (unpaired) electrons. The summed E-state index contributed by atoms with van der Waals surface area (Å²) in [5, 5.41) is 15.1. The van der Waals surface area contributed by atoms with Crippen LogP contribution in [0.5, 0.6) is 5.75 Å². The van der Waals surface area contributed by atoms with Crippen molar-refractivity contribution in [2.75, 3.05) is 17.7 Å². The molecule has 0 atom stereocenters. The Balaban J connectivity index is 1.45. The highest BCUT2D eigenvalue weighted by Crippen LogP contribution is 2.25. The highest BCUT2D eigenvalue weighted by Gasteiger charge is 2.14. The smallest absolute Gasteiger partial charge is 0.257 e. The Kier molecular flexibility index (Phi) is 6.75. The number of carbonyl (C=O) groups is 2. The molecule has 4 aromatic rings. The first-order valence-electron chi connectivity index (χ1n) is 10.3. The van der Waals surface area contributed by atoms with Crippen molar-refractivity contribution in [2.45, 2.75) is 13.3 Å². The van der Waals surface area contributed by atoms with Crippen molar-refractivity contribution in [1.29, 1.82) is 0 Å². The molecule has 33 heavy (non-hydrogen) atoms. The van der Waals surface area contributed by atoms with Gasteiger partial charge in [-0.15, -0.1) is 10.2 Å². The molecule has 2 N–H and O–H groups in total. The van der Waals surface area contributed by atoms with Crippen LogP contribution in [0.3, 0.4) is 0 Å². The molecule has 166 valence electrons. The number of benzene rings is 3. The van der Waals surface area contributed by atoms with E-state index in [1.807, 2.05) is 37.3 Å². The van der Waals surface area contributed by atoms with Gasteiger partial charge in [-0.2, -0.15) is 0 Å². The average molecular weight is 459 g/mol. The number of ether oxygens (including phenoxy) is 1. The zero-order valence-electron chi connectivity index (χ0n) is 18.2. The van der Waals surface area contributed by atoms with Gasteiger partial charge in [0.15, 0.2) is 0 Å². The maximum atomic E-state index is 12.8. The molecule has 0 saturated carbocycles. The number of hydrogen-bond donors (Lipinski definition) is 2. The topological polar surface area (TPSA) is 93.2 Å². The minimum atomic E-state index is -0.329. The summed E-state index contributed by atoms with van der Waals surface area (Å²) in [6, 6.07) is 21.8. The van der Waals surface area contributed by atoms with Gasteiger partial charge in [-0.05, 0) is 42.8 Å². The molecule has 0 aliphatic carbocycles. The van der Waals surface area contributed by atoms with Crippen molar-refractivity contribution in [3.8, 4) is 5.75 Å². The summed E-state index contributed by atoms with van der Waals surface area (Å²) >= 11 is 1.31. The van der Waals surface area contributed by atoms with E-state index in [2.05, 4.69) is 20.8 Å². The second-order valence-corrected chi connectivity index (χ2v) is 8.36. The van der Waals surface area contributed by atoms with Crippen LogP contribution in [0.2, 0.25) is 0 Å². The van der Waals surface area contributed by atoms with Gasteiger partial charge in [0.25, 0.3) is 11.8 Å². The number of aromatic nitrogens is 2. The molecule has 0 spiro atoms. The average Bonchev–Trinajstić information content (AvgIpc) is 3.27. The van der Waals surface area contributed by atoms with Crippen molar-refractivity contribution < 1.29 is 14.3 Å². The Bertz CT molecular complexity index is 1290. The molecule has 0 saturated heterocycles. The van der Waals surface area contributed by atoms with Crippen molar-refractivity contribution in [3.63, 3.8) is 0 Å². The minimum Gasteiger partial charge on any atom is -0.496 e. The van der Waals surface area contributed by atoms with Gasteiger partial charge in [0.2, 0.25) is 5.13 Å². The Hall–Kier alpha value is -4.04. The van der Waals surface area contributed by atoms with Gasteiger partial charge in [0.05, 0.1) is 7.11 Å². The summed E-state index contributed by atoms with van der Waals surface area (Å²) < 4.78 is 5.38. The first-order valence-corrected chi connectivity index (χ1v) is 11.1. The van der Waals surface area contributed by atoms with E-state index in [-0.39, 0.29) is 11.8 Å². The number of nitrogens with one attached hydrogen (secondary N) is 2. The molecule has 1 aromatic heterocycles. The Morgan fingerprint density at radius 1 is 0.879 bits per heavy atom. The molecule has 2 amide bonds. The lowest BCUT2D eigenvalue weighted by molar-refractivity contribution is 0.101. The lowest BCUT2D eigenvalue weighted by Crippen LogP contribution is -2.15. The summed E-state index contributed by atoms with van der Waals surface area (Å²) in [5.41, 5.74) is 3.37. The monoisotopic (exact) mass is 458 g/mol. The van der Waals surface area contributed by atoms with Gasteiger partial charge in [-0.25, -0.2) is 0 Å². The van der Waals surface area contributed by atoms with E-state index in [1.54, 1.807) is 49.6 Å². The Morgan fingerprint density at radius 2 is 1.61 bits per heavy atom. The lowest BCUT2D eigenvalue weighted by Gasteiger charge is -2.10. The third-order valence-corrected chi connectivity index (χ3v) is 5.84. The minimum absolute atomic E-state index is 0.235. The fourth-order valence-electron chi connectivity index (χ4n) is 3.24. The van der Waals surface area contributed by atoms with E-state index in [4.69, 9.17) is 4.74 Å². The summed E-state index contributed by atoms with van der Waals surface area (Å²) in [7, 11) is 1.63. The third-order valence-electron chi connectivity index (χ3n) is 5.01. The highest BCUT2D eigenvalue weighted by molar-refractivity contribution is 7.15. The fourth-order valence-corrected chi connectivity index (χ4v) is 4.00. The molecule has 0 aliphatic heterocycles. The van der Waals surface area contributed by atoms with E-state index in [1.165, 1.54) is 11.3 Å². The van der Waals surface area contributed by atoms with Crippen LogP contribution in [0.15, 0.2) is 72.8 Å². The molecule has 8 heteroatoms. The molecule has 0 bridgehead atoms. The molecule has 0 fully saturated rings. The number of para-hydroxylation sites is 1. The van der Waals surface area contributed by atoms with Gasteiger partial charge in [-0.1, -0.05) is 53.8 Å². The van der Waals surface area contributed by atoms with Gasteiger partial charge >= 0.3 is 0 Å². The fraction of sp³-hybridized carbons (Fsp3) is 0.120. The van der Waals surface area contributed by atoms with E-state index < -0.39 is 0 Å². The summed E-state index contributed by atoms with van der Waals surface area (Å²) in [6.45, 7) is 1.87. The highest BCUT2D eigenvalue weighted by atomic mass is 32.1. The van der Waals surface area contributed by atoms with Crippen LogP contribution >= 0.6 is 11.3 Å². The molecule has 3 aromatic carbocycles. The second kappa shape index (κ2) is 10.1. The lowest BCUT2D eigenvalue weighted by atomic mass is 10.1. The number of rotatable bonds is 7. The maximum absolute atomic E-state index is 12.8. The Morgan fingerprint density at radius 3 is 2.39 bits per heavy atom. The Labute approximate surface area is 195 Å². The standard InChI is InChI=1S/C25H22N4O3S/c1-16-12-13-19(14-20(16)26-23(30)17-8-4-3-5-9-17)24(31)27-25-29-28-22(33-25)15-18-10-6-7-11-21(18)32-2/h3-14H,15H2,1-2H3,(H,26,30)(H,27,29,31). The van der Waals surface area contributed by atoms with Crippen LogP contribution in [-0.4, -0.2) is 29.1 Å². The van der Waals surface area contributed by atoms with E-state index in [0.29, 0.717) is 28.4 Å². The van der Waals surface area contributed by atoms with Crippen LogP contribution in [0.4, 0.5) is 10.8 Å². The molecule has 0 unspecified atom stereocenters. The number of aryl methyl sites for hydroxylation is 1. The van der Waals surface area contributed by atoms with Crippen molar-refractivity contribution >= 4 is 34.0 Å². The summed E-state index contributed by atoms with van der Waals surface area (Å²) in [5.74, 6) is 0.217. The van der Waals surface area contributed by atoms with Crippen LogP contribution in [-0.2, 0) is 6.42 Å². The number of carbonyl (C=O) groups excluding carboxylic acids is 2. The largest absolute Gasteiger partial charge is 0.496 e. The van der Waals surface area contributed by atoms with Crippen molar-refractivity contribution in [1.82, 2.24) is 10.2 Å². The third kappa shape index (κ3) is 5.42. The molecular weight excluding hydrogens is 436 g/mol. The quantitative estimate of drug-likeness (QED) is 0.409. The van der Waals surface area contributed by atoms with E-state index in [9.17, 15) is 9.59 Å². The van der Waals surface area contributed by atoms with Crippen LogP contribution in [0.1, 0.15) is 36.9 Å². The van der Waals surface area contributed by atoms with Crippen molar-refractivity contribution in [2.24, 2.45) is 0 Å². The molecule has 1 heterocycles.